The molecule has 8 heteroatoms. The van der Waals surface area contributed by atoms with Gasteiger partial charge in [-0.3, -0.25) is 0 Å². The molecule has 0 spiro atoms. The molecule has 1 fully saturated rings. The fourth-order valence-electron chi connectivity index (χ4n) is 4.66. The van der Waals surface area contributed by atoms with Crippen LogP contribution in [0.2, 0.25) is 0 Å². The van der Waals surface area contributed by atoms with E-state index in [4.69, 9.17) is 4.98 Å². The number of piperazine rings is 1. The van der Waals surface area contributed by atoms with Gasteiger partial charge in [0.1, 0.15) is 5.82 Å². The molecule has 4 heterocycles. The summed E-state index contributed by atoms with van der Waals surface area (Å²) < 4.78 is 25.6. The average Bonchev–Trinajstić information content (AvgIpc) is 3.15. The molecule has 3 aromatic rings. The molecule has 0 amide bonds. The van der Waals surface area contributed by atoms with Crippen molar-refractivity contribution in [1.82, 2.24) is 14.9 Å². The second-order valence-corrected chi connectivity index (χ2v) is 10.7. The van der Waals surface area contributed by atoms with Gasteiger partial charge in [0.15, 0.2) is 9.84 Å². The highest BCUT2D eigenvalue weighted by Gasteiger charge is 2.21. The van der Waals surface area contributed by atoms with Gasteiger partial charge in [0.25, 0.3) is 0 Å². The highest BCUT2D eigenvalue weighted by Crippen LogP contribution is 2.31. The van der Waals surface area contributed by atoms with Crippen molar-refractivity contribution in [3.05, 3.63) is 54.4 Å². The molecule has 0 aliphatic carbocycles. The number of anilines is 2. The number of aromatic nitrogens is 2. The number of hydrogen-bond acceptors (Lipinski definition) is 6. The molecule has 5 rings (SSSR count). The van der Waals surface area contributed by atoms with Gasteiger partial charge in [-0.25, -0.2) is 13.4 Å². The largest absolute Gasteiger partial charge is 0.368 e. The minimum absolute atomic E-state index is 0.361. The number of benzene rings is 1. The van der Waals surface area contributed by atoms with Crippen LogP contribution in [0.5, 0.6) is 0 Å². The maximum atomic E-state index is 11.7. The summed E-state index contributed by atoms with van der Waals surface area (Å²) in [5.74, 6) is 1.02. The molecule has 0 saturated carbocycles. The van der Waals surface area contributed by atoms with Crippen molar-refractivity contribution in [3.8, 4) is 0 Å². The molecule has 0 bridgehead atoms. The molecule has 168 valence electrons. The molecular weight excluding hydrogens is 422 g/mol. The highest BCUT2D eigenvalue weighted by atomic mass is 32.2. The third kappa shape index (κ3) is 4.00. The summed E-state index contributed by atoms with van der Waals surface area (Å²) in [7, 11) is -1.08. The molecule has 1 saturated heterocycles. The van der Waals surface area contributed by atoms with Gasteiger partial charge in [-0.05, 0) is 48.9 Å². The number of fused-ring (bicyclic) bond motifs is 1. The lowest BCUT2D eigenvalue weighted by molar-refractivity contribution is 0.602. The van der Waals surface area contributed by atoms with E-state index >= 15 is 0 Å². The monoisotopic (exact) mass is 451 g/mol. The Morgan fingerprint density at radius 3 is 2.41 bits per heavy atom. The highest BCUT2D eigenvalue weighted by molar-refractivity contribution is 7.90. The number of sulfone groups is 1. The summed E-state index contributed by atoms with van der Waals surface area (Å²) in [6, 6.07) is 9.43. The van der Waals surface area contributed by atoms with Crippen LogP contribution < -0.4 is 15.1 Å². The van der Waals surface area contributed by atoms with Gasteiger partial charge < -0.3 is 19.7 Å². The van der Waals surface area contributed by atoms with Crippen LogP contribution >= 0.6 is 0 Å². The summed E-state index contributed by atoms with van der Waals surface area (Å²) in [6.07, 6.45) is 8.81. The summed E-state index contributed by atoms with van der Waals surface area (Å²) in [5, 5.41) is 4.66. The van der Waals surface area contributed by atoms with Crippen molar-refractivity contribution in [1.29, 1.82) is 0 Å². The number of nitrogens with one attached hydrogen (secondary N) is 1. The van der Waals surface area contributed by atoms with Gasteiger partial charge in [0, 0.05) is 68.9 Å². The van der Waals surface area contributed by atoms with Crippen LogP contribution in [0.25, 0.3) is 16.5 Å². The Morgan fingerprint density at radius 2 is 1.75 bits per heavy atom. The lowest BCUT2D eigenvalue weighted by Gasteiger charge is -2.36. The fraction of sp³-hybridized carbons (Fsp3) is 0.375. The molecule has 2 aromatic heterocycles. The quantitative estimate of drug-likeness (QED) is 0.658. The number of rotatable bonds is 4. The summed E-state index contributed by atoms with van der Waals surface area (Å²) in [5.41, 5.74) is 4.95. The Labute approximate surface area is 189 Å². The molecule has 1 N–H and O–H groups in total. The number of aryl methyl sites for hydroxylation is 1. The molecule has 0 radical (unpaired) electrons. The fourth-order valence-corrected chi connectivity index (χ4v) is 5.29. The van der Waals surface area contributed by atoms with Crippen LogP contribution in [0.15, 0.2) is 53.7 Å². The number of hydrogen-bond donors (Lipinski definition) is 1. The van der Waals surface area contributed by atoms with Crippen LogP contribution in [0, 0.1) is 0 Å². The maximum absolute atomic E-state index is 11.7. The summed E-state index contributed by atoms with van der Waals surface area (Å²) in [4.78, 5) is 9.78. The Hall–Kier alpha value is -2.84. The second kappa shape index (κ2) is 8.26. The molecular formula is C24H29N5O2S. The van der Waals surface area contributed by atoms with Crippen molar-refractivity contribution in [2.45, 2.75) is 11.3 Å². The lowest BCUT2D eigenvalue weighted by atomic mass is 10.00. The first kappa shape index (κ1) is 21.0. The minimum Gasteiger partial charge on any atom is -0.368 e. The molecule has 7 nitrogen and oxygen atoms in total. The summed E-state index contributed by atoms with van der Waals surface area (Å²) in [6.45, 7) is 5.44. The second-order valence-electron chi connectivity index (χ2n) is 8.64. The van der Waals surface area contributed by atoms with E-state index in [1.807, 2.05) is 18.3 Å². The number of nitrogens with zero attached hydrogens (tertiary/aromatic N) is 4. The van der Waals surface area contributed by atoms with E-state index in [1.165, 1.54) is 22.8 Å². The van der Waals surface area contributed by atoms with Gasteiger partial charge in [-0.1, -0.05) is 6.08 Å². The number of pyridine rings is 1. The Bertz CT molecular complexity index is 1270. The van der Waals surface area contributed by atoms with Crippen molar-refractivity contribution in [3.63, 3.8) is 0 Å². The van der Waals surface area contributed by atoms with Crippen molar-refractivity contribution in [2.75, 3.05) is 55.3 Å². The molecule has 0 atom stereocenters. The van der Waals surface area contributed by atoms with Crippen molar-refractivity contribution >= 4 is 37.8 Å². The molecule has 2 aliphatic heterocycles. The zero-order valence-corrected chi connectivity index (χ0v) is 19.4. The van der Waals surface area contributed by atoms with Crippen LogP contribution in [-0.4, -0.2) is 63.5 Å². The average molecular weight is 452 g/mol. The molecule has 0 unspecified atom stereocenters. The minimum atomic E-state index is -3.17. The van der Waals surface area contributed by atoms with E-state index in [0.29, 0.717) is 4.90 Å². The van der Waals surface area contributed by atoms with E-state index < -0.39 is 9.84 Å². The van der Waals surface area contributed by atoms with E-state index in [2.05, 4.69) is 45.1 Å². The van der Waals surface area contributed by atoms with E-state index in [-0.39, 0.29) is 0 Å². The Morgan fingerprint density at radius 1 is 1.03 bits per heavy atom. The van der Waals surface area contributed by atoms with E-state index in [1.54, 1.807) is 12.1 Å². The normalized spacial score (nSPS) is 17.6. The lowest BCUT2D eigenvalue weighted by Crippen LogP contribution is -2.46. The van der Waals surface area contributed by atoms with Crippen LogP contribution in [-0.2, 0) is 16.9 Å². The van der Waals surface area contributed by atoms with Gasteiger partial charge in [-0.15, -0.1) is 0 Å². The van der Waals surface area contributed by atoms with Gasteiger partial charge >= 0.3 is 0 Å². The predicted octanol–water partition coefficient (Wildman–Crippen LogP) is 2.68. The van der Waals surface area contributed by atoms with E-state index in [0.717, 1.165) is 62.7 Å². The van der Waals surface area contributed by atoms with Gasteiger partial charge in [-0.2, -0.15) is 0 Å². The van der Waals surface area contributed by atoms with Crippen LogP contribution in [0.3, 0.4) is 0 Å². The maximum Gasteiger partial charge on any atom is 0.175 e. The van der Waals surface area contributed by atoms with Crippen LogP contribution in [0.1, 0.15) is 12.0 Å². The molecule has 2 aliphatic rings. The van der Waals surface area contributed by atoms with E-state index in [9.17, 15) is 8.42 Å². The smallest absolute Gasteiger partial charge is 0.175 e. The van der Waals surface area contributed by atoms with Crippen molar-refractivity contribution in [2.24, 2.45) is 7.05 Å². The Balaban J connectivity index is 1.34. The van der Waals surface area contributed by atoms with Gasteiger partial charge in [0.2, 0.25) is 0 Å². The third-order valence-corrected chi connectivity index (χ3v) is 7.63. The van der Waals surface area contributed by atoms with Crippen LogP contribution in [0.4, 0.5) is 11.5 Å². The van der Waals surface area contributed by atoms with Gasteiger partial charge in [0.05, 0.1) is 16.6 Å². The first-order valence-corrected chi connectivity index (χ1v) is 12.9. The standard InChI is InChI=1S/C24H29N5O2S/c1-27-17-22(18-7-9-25-10-8-18)21-15-24(26-16-23(21)27)29-13-11-28(12-14-29)19-3-5-20(6-4-19)32(2,30)31/h3-7,15-17,25H,8-14H2,1-2H3. The first-order chi connectivity index (χ1) is 15.4. The zero-order valence-electron chi connectivity index (χ0n) is 18.6. The predicted molar refractivity (Wildman–Crippen MR) is 130 cm³/mol. The topological polar surface area (TPSA) is 70.5 Å². The van der Waals surface area contributed by atoms with Crippen molar-refractivity contribution < 1.29 is 8.42 Å². The first-order valence-electron chi connectivity index (χ1n) is 11.1. The summed E-state index contributed by atoms with van der Waals surface area (Å²) >= 11 is 0. The third-order valence-electron chi connectivity index (χ3n) is 6.50. The zero-order chi connectivity index (χ0) is 22.3. The molecule has 1 aromatic carbocycles. The SMILES string of the molecule is Cn1cc(C2=CCNCC2)c2cc(N3CCN(c4ccc(S(C)(=O)=O)cc4)CC3)ncc21. The Kier molecular flexibility index (Phi) is 5.43. The molecule has 32 heavy (non-hydrogen) atoms.